The molecule has 3 nitrogen and oxygen atoms in total. The van der Waals surface area contributed by atoms with Gasteiger partial charge in [0, 0.05) is 0 Å². The normalized spacial score (nSPS) is 10.3. The number of rotatable bonds is 3. The zero-order chi connectivity index (χ0) is 11.5. The van der Waals surface area contributed by atoms with Gasteiger partial charge in [0.15, 0.2) is 0 Å². The molecule has 0 saturated heterocycles. The summed E-state index contributed by atoms with van der Waals surface area (Å²) < 4.78 is 6.34. The third-order valence-electron chi connectivity index (χ3n) is 2.20. The molecule has 4 heteroatoms. The first-order chi connectivity index (χ1) is 7.70. The average Bonchev–Trinajstić information content (AvgIpc) is 2.27. The summed E-state index contributed by atoms with van der Waals surface area (Å²) in [5, 5.41) is 0. The molecule has 1 radical (unpaired) electrons. The van der Waals surface area contributed by atoms with Crippen LogP contribution in [-0.2, 0) is 6.42 Å². The van der Waals surface area contributed by atoms with Gasteiger partial charge >= 0.3 is 102 Å². The number of benzene rings is 1. The first-order valence-corrected chi connectivity index (χ1v) is 5.81. The number of aryl methyl sites for hydroxylation is 1. The predicted octanol–water partition coefficient (Wildman–Crippen LogP) is 1.89. The van der Waals surface area contributed by atoms with Gasteiger partial charge in [0.25, 0.3) is 0 Å². The maximum absolute atomic E-state index is 5.55. The van der Waals surface area contributed by atoms with Crippen molar-refractivity contribution < 1.29 is 4.74 Å². The van der Waals surface area contributed by atoms with Crippen molar-refractivity contribution in [3.05, 3.63) is 30.0 Å². The molecule has 0 amide bonds. The number of fused-ring (bicyclic) bond motifs is 1. The van der Waals surface area contributed by atoms with E-state index in [-0.39, 0.29) is 0 Å². The van der Waals surface area contributed by atoms with Gasteiger partial charge in [-0.25, -0.2) is 0 Å². The number of hydrogen-bond donors (Lipinski definition) is 0. The van der Waals surface area contributed by atoms with Gasteiger partial charge in [-0.1, -0.05) is 0 Å². The summed E-state index contributed by atoms with van der Waals surface area (Å²) >= 11 is 2.51. The van der Waals surface area contributed by atoms with Crippen LogP contribution < -0.4 is 4.74 Å². The molecule has 2 rings (SSSR count). The Bertz CT molecular complexity index is 540. The Labute approximate surface area is 102 Å². The molecule has 0 atom stereocenters. The van der Waals surface area contributed by atoms with Gasteiger partial charge in [0.1, 0.15) is 0 Å². The van der Waals surface area contributed by atoms with Gasteiger partial charge < -0.3 is 0 Å². The van der Waals surface area contributed by atoms with Crippen LogP contribution in [0.4, 0.5) is 0 Å². The van der Waals surface area contributed by atoms with Crippen LogP contribution in [0, 0.1) is 0 Å². The number of aromatic nitrogens is 2. The fraction of sp³-hybridized carbons (Fsp3) is 0.250. The molecule has 1 heterocycles. The van der Waals surface area contributed by atoms with Crippen molar-refractivity contribution in [2.45, 2.75) is 20.3 Å². The van der Waals surface area contributed by atoms with E-state index in [0.717, 1.165) is 27.7 Å². The van der Waals surface area contributed by atoms with Crippen LogP contribution in [0.2, 0.25) is 0 Å². The number of ether oxygens (including phenoxy) is 1. The molecule has 79 valence electrons. The molecule has 0 saturated carbocycles. The molecule has 0 spiro atoms. The van der Waals surface area contributed by atoms with E-state index >= 15 is 0 Å². The van der Waals surface area contributed by atoms with E-state index < -0.39 is 0 Å². The monoisotopic (exact) mass is 227 g/mol. The molecule has 0 aliphatic carbocycles. The van der Waals surface area contributed by atoms with Gasteiger partial charge in [0.2, 0.25) is 0 Å². The van der Waals surface area contributed by atoms with E-state index in [0.29, 0.717) is 5.88 Å². The predicted molar refractivity (Wildman–Crippen MR) is 66.0 cm³/mol. The summed E-state index contributed by atoms with van der Waals surface area (Å²) in [6.07, 6.45) is 0.811. The summed E-state index contributed by atoms with van der Waals surface area (Å²) in [5.74, 6) is 0.605. The molecule has 16 heavy (non-hydrogen) atoms. The molecule has 2 aromatic rings. The Balaban J connectivity index is 2.58. The van der Waals surface area contributed by atoms with Crippen LogP contribution in [0.15, 0.2) is 24.3 Å². The zero-order valence-electron chi connectivity index (χ0n) is 9.40. The Morgan fingerprint density at radius 1 is 1.25 bits per heavy atom. The topological polar surface area (TPSA) is 35.0 Å². The molecule has 0 aliphatic rings. The van der Waals surface area contributed by atoms with Crippen LogP contribution in [0.1, 0.15) is 19.5 Å². The Hall–Kier alpha value is -1.24. The molecule has 0 fully saturated rings. The molecule has 1 aromatic carbocycles. The fourth-order valence-corrected chi connectivity index (χ4v) is 1.60. The molecule has 0 aliphatic heterocycles. The molecule has 0 bridgehead atoms. The van der Waals surface area contributed by atoms with Gasteiger partial charge in [-0.05, 0) is 0 Å². The molecule has 1 aromatic heterocycles. The first-order valence-electron chi connectivity index (χ1n) is 5.23. The number of para-hydroxylation sites is 2. The minimum absolute atomic E-state index is 0.605. The Kier molecular flexibility index (Phi) is 3.33. The van der Waals surface area contributed by atoms with Crippen LogP contribution in [-0.4, -0.2) is 30.4 Å². The van der Waals surface area contributed by atoms with E-state index in [1.54, 1.807) is 0 Å². The number of hydrogen-bond acceptors (Lipinski definition) is 3. The van der Waals surface area contributed by atoms with Crippen LogP contribution in [0.5, 0.6) is 5.88 Å². The molecular weight excluding hydrogens is 215 g/mol. The van der Waals surface area contributed by atoms with E-state index in [1.807, 2.05) is 38.1 Å². The van der Waals surface area contributed by atoms with Crippen molar-refractivity contribution in [1.82, 2.24) is 9.97 Å². The maximum atomic E-state index is 5.55. The summed E-state index contributed by atoms with van der Waals surface area (Å²) in [7, 11) is 0. The summed E-state index contributed by atoms with van der Waals surface area (Å²) in [6, 6.07) is 7.81. The third kappa shape index (κ3) is 2.29. The van der Waals surface area contributed by atoms with Crippen molar-refractivity contribution in [3.63, 3.8) is 0 Å². The van der Waals surface area contributed by atoms with Crippen LogP contribution in [0.3, 0.4) is 0 Å². The fourth-order valence-electron chi connectivity index (χ4n) is 1.48. The second kappa shape index (κ2) is 4.73. The zero-order valence-corrected chi connectivity index (χ0v) is 10.6. The Morgan fingerprint density at radius 2 is 1.88 bits per heavy atom. The van der Waals surface area contributed by atoms with Crippen LogP contribution >= 0.6 is 0 Å². The first kappa shape index (κ1) is 11.3. The van der Waals surface area contributed by atoms with Gasteiger partial charge in [-0.2, -0.15) is 0 Å². The quantitative estimate of drug-likeness (QED) is 0.751. The van der Waals surface area contributed by atoms with Gasteiger partial charge in [-0.15, -0.1) is 0 Å². The summed E-state index contributed by atoms with van der Waals surface area (Å²) in [6.45, 7) is 3.92. The second-order valence-electron chi connectivity index (χ2n) is 3.53. The van der Waals surface area contributed by atoms with E-state index in [2.05, 4.69) is 25.8 Å². The van der Waals surface area contributed by atoms with Crippen LogP contribution in [0.25, 0.3) is 11.0 Å². The SMILES string of the molecule is CCc1nc2ccccc2nc1O[C](C)=[Al]. The van der Waals surface area contributed by atoms with Crippen molar-refractivity contribution in [1.29, 1.82) is 0 Å². The van der Waals surface area contributed by atoms with E-state index in [4.69, 9.17) is 4.74 Å². The molecule has 0 unspecified atom stereocenters. The van der Waals surface area contributed by atoms with Crippen molar-refractivity contribution in [2.75, 3.05) is 0 Å². The Morgan fingerprint density at radius 3 is 2.44 bits per heavy atom. The van der Waals surface area contributed by atoms with E-state index in [9.17, 15) is 0 Å². The average molecular weight is 227 g/mol. The number of nitrogens with zero attached hydrogens (tertiary/aromatic N) is 2. The third-order valence-corrected chi connectivity index (χ3v) is 2.32. The standard InChI is InChI=1S/C12H12N2O.Al/c1-3-9-12(15-4-2)14-11-8-6-5-7-10(11)13-9;/h5-8H,3H2,1-2H3;. The molecule has 0 N–H and O–H groups in total. The summed E-state index contributed by atoms with van der Waals surface area (Å²) in [5.41, 5.74) is 2.66. The minimum atomic E-state index is 0.605. The molecular formula is C12H12AlN2O. The summed E-state index contributed by atoms with van der Waals surface area (Å²) in [4.78, 5) is 9.00. The van der Waals surface area contributed by atoms with E-state index in [1.165, 1.54) is 0 Å². The van der Waals surface area contributed by atoms with Crippen molar-refractivity contribution in [3.8, 4) is 5.88 Å². The van der Waals surface area contributed by atoms with Crippen molar-refractivity contribution in [2.24, 2.45) is 0 Å². The van der Waals surface area contributed by atoms with Gasteiger partial charge in [-0.3, -0.25) is 0 Å². The second-order valence-corrected chi connectivity index (χ2v) is 4.34. The van der Waals surface area contributed by atoms with Gasteiger partial charge in [0.05, 0.1) is 0 Å². The van der Waals surface area contributed by atoms with Crippen molar-refractivity contribution >= 4 is 31.5 Å².